The number of nitrogens with zero attached hydrogens (tertiary/aromatic N) is 2. The number of hydrogen-bond acceptors (Lipinski definition) is 3. The molecule has 1 fully saturated rings. The van der Waals surface area contributed by atoms with E-state index in [1.54, 1.807) is 0 Å². The molecule has 0 unspecified atom stereocenters. The lowest BCUT2D eigenvalue weighted by Crippen LogP contribution is -2.48. The van der Waals surface area contributed by atoms with Crippen LogP contribution in [0, 0.1) is 0 Å². The molecule has 0 spiro atoms. The molecule has 4 nitrogen and oxygen atoms in total. The quantitative estimate of drug-likeness (QED) is 0.899. The third-order valence-corrected chi connectivity index (χ3v) is 4.19. The maximum Gasteiger partial charge on any atom is 0.253 e. The number of likely N-dealkylation sites (N-methyl/N-ethyl adjacent to an activating group) is 1. The van der Waals surface area contributed by atoms with Crippen molar-refractivity contribution < 1.29 is 4.79 Å². The molecule has 0 bridgehead atoms. The number of hydrogen-bond donors (Lipinski definition) is 1. The fraction of sp³-hybridized carbons (Fsp3) is 0.533. The number of benzene rings is 1. The third kappa shape index (κ3) is 3.89. The van der Waals surface area contributed by atoms with Gasteiger partial charge >= 0.3 is 0 Å². The minimum atomic E-state index is 0. The van der Waals surface area contributed by atoms with E-state index >= 15 is 0 Å². The highest BCUT2D eigenvalue weighted by Crippen LogP contribution is 2.18. The van der Waals surface area contributed by atoms with Gasteiger partial charge in [-0.1, -0.05) is 13.0 Å². The van der Waals surface area contributed by atoms with E-state index in [2.05, 4.69) is 29.3 Å². The van der Waals surface area contributed by atoms with Crippen molar-refractivity contribution >= 4 is 30.7 Å². The van der Waals surface area contributed by atoms with Gasteiger partial charge in [0.05, 0.1) is 0 Å². The van der Waals surface area contributed by atoms with Crippen LogP contribution in [-0.2, 0) is 13.1 Å². The number of carbonyl (C=O) groups excluding carboxylic acids is 1. The predicted molar refractivity (Wildman–Crippen MR) is 89.5 cm³/mol. The molecular formula is C15H23Cl2N3O. The van der Waals surface area contributed by atoms with Gasteiger partial charge in [-0.15, -0.1) is 24.8 Å². The van der Waals surface area contributed by atoms with E-state index in [0.29, 0.717) is 0 Å². The number of nitrogens with one attached hydrogen (secondary N) is 1. The van der Waals surface area contributed by atoms with E-state index in [1.807, 2.05) is 11.0 Å². The summed E-state index contributed by atoms with van der Waals surface area (Å²) in [4.78, 5) is 16.8. The molecule has 3 rings (SSSR count). The molecule has 2 heterocycles. The summed E-state index contributed by atoms with van der Waals surface area (Å²) in [5, 5.41) is 3.32. The highest BCUT2D eigenvalue weighted by molar-refractivity contribution is 5.94. The zero-order chi connectivity index (χ0) is 13.2. The molecule has 2 aliphatic rings. The Morgan fingerprint density at radius 2 is 1.76 bits per heavy atom. The molecular weight excluding hydrogens is 309 g/mol. The topological polar surface area (TPSA) is 35.6 Å². The van der Waals surface area contributed by atoms with Crippen LogP contribution >= 0.6 is 24.8 Å². The van der Waals surface area contributed by atoms with Gasteiger partial charge in [0.2, 0.25) is 0 Å². The standard InChI is InChI=1S/C15H21N3O.2ClH/c1-2-17-5-7-18(8-6-17)15(19)12-3-4-13-10-16-11-14(13)9-12;;/h3-4,9,16H,2,5-8,10-11H2,1H3;2*1H. The number of piperazine rings is 1. The molecule has 21 heavy (non-hydrogen) atoms. The SMILES string of the molecule is CCN1CCN(C(=O)c2ccc3c(c2)CNC3)CC1.Cl.Cl. The van der Waals surface area contributed by atoms with Crippen molar-refractivity contribution in [2.75, 3.05) is 32.7 Å². The van der Waals surface area contributed by atoms with Crippen LogP contribution in [-0.4, -0.2) is 48.4 Å². The molecule has 6 heteroatoms. The second-order valence-corrected chi connectivity index (χ2v) is 5.31. The van der Waals surface area contributed by atoms with Gasteiger partial charge in [0, 0.05) is 44.8 Å². The molecule has 0 radical (unpaired) electrons. The lowest BCUT2D eigenvalue weighted by molar-refractivity contribution is 0.0643. The summed E-state index contributed by atoms with van der Waals surface area (Å²) in [7, 11) is 0. The molecule has 1 saturated heterocycles. The van der Waals surface area contributed by atoms with Crippen molar-refractivity contribution in [2.24, 2.45) is 0 Å². The van der Waals surface area contributed by atoms with Gasteiger partial charge in [-0.2, -0.15) is 0 Å². The number of halogens is 2. The van der Waals surface area contributed by atoms with Crippen LogP contribution in [0.15, 0.2) is 18.2 Å². The summed E-state index contributed by atoms with van der Waals surface area (Å²) in [5.41, 5.74) is 3.44. The molecule has 0 aliphatic carbocycles. The van der Waals surface area contributed by atoms with E-state index in [1.165, 1.54) is 11.1 Å². The number of rotatable bonds is 2. The van der Waals surface area contributed by atoms with Crippen LogP contribution in [0.4, 0.5) is 0 Å². The van der Waals surface area contributed by atoms with Crippen molar-refractivity contribution in [3.05, 3.63) is 34.9 Å². The molecule has 1 aromatic carbocycles. The Balaban J connectivity index is 0.00000110. The molecule has 1 aromatic rings. The first-order valence-corrected chi connectivity index (χ1v) is 7.12. The summed E-state index contributed by atoms with van der Waals surface area (Å²) in [6.45, 7) is 8.75. The fourth-order valence-electron chi connectivity index (χ4n) is 2.88. The van der Waals surface area contributed by atoms with Crippen molar-refractivity contribution in [1.29, 1.82) is 0 Å². The summed E-state index contributed by atoms with van der Waals surface area (Å²) >= 11 is 0. The second kappa shape index (κ2) is 7.99. The van der Waals surface area contributed by atoms with Crippen molar-refractivity contribution in [3.8, 4) is 0 Å². The van der Waals surface area contributed by atoms with Gasteiger partial charge in [0.1, 0.15) is 0 Å². The van der Waals surface area contributed by atoms with E-state index < -0.39 is 0 Å². The Morgan fingerprint density at radius 1 is 1.10 bits per heavy atom. The van der Waals surface area contributed by atoms with Crippen LogP contribution in [0.25, 0.3) is 0 Å². The second-order valence-electron chi connectivity index (χ2n) is 5.31. The van der Waals surface area contributed by atoms with E-state index in [0.717, 1.165) is 51.4 Å². The van der Waals surface area contributed by atoms with Gasteiger partial charge < -0.3 is 15.1 Å². The van der Waals surface area contributed by atoms with Gasteiger partial charge in [-0.05, 0) is 29.8 Å². The maximum absolute atomic E-state index is 12.5. The Kier molecular flexibility index (Phi) is 6.94. The normalized spacial score (nSPS) is 17.7. The molecule has 2 aliphatic heterocycles. The van der Waals surface area contributed by atoms with Crippen molar-refractivity contribution in [2.45, 2.75) is 20.0 Å². The number of amides is 1. The summed E-state index contributed by atoms with van der Waals surface area (Å²) in [6, 6.07) is 6.12. The van der Waals surface area contributed by atoms with Crippen molar-refractivity contribution in [1.82, 2.24) is 15.1 Å². The number of carbonyl (C=O) groups is 1. The van der Waals surface area contributed by atoms with Crippen LogP contribution in [0.3, 0.4) is 0 Å². The molecule has 1 amide bonds. The summed E-state index contributed by atoms with van der Waals surface area (Å²) in [5.74, 6) is 0.186. The Bertz CT molecular complexity index is 488. The lowest BCUT2D eigenvalue weighted by atomic mass is 10.1. The monoisotopic (exact) mass is 331 g/mol. The smallest absolute Gasteiger partial charge is 0.253 e. The first kappa shape index (κ1) is 18.2. The number of fused-ring (bicyclic) bond motifs is 1. The zero-order valence-corrected chi connectivity index (χ0v) is 13.9. The molecule has 0 saturated carbocycles. The maximum atomic E-state index is 12.5. The first-order valence-electron chi connectivity index (χ1n) is 7.12. The Hall–Kier alpha value is -0.810. The average Bonchev–Trinajstić information content (AvgIpc) is 2.94. The van der Waals surface area contributed by atoms with Gasteiger partial charge in [0.25, 0.3) is 5.91 Å². The van der Waals surface area contributed by atoms with Crippen LogP contribution in [0.2, 0.25) is 0 Å². The molecule has 1 N–H and O–H groups in total. The highest BCUT2D eigenvalue weighted by atomic mass is 35.5. The molecule has 0 aromatic heterocycles. The highest BCUT2D eigenvalue weighted by Gasteiger charge is 2.22. The first-order chi connectivity index (χ1) is 9.28. The minimum Gasteiger partial charge on any atom is -0.336 e. The minimum absolute atomic E-state index is 0. The third-order valence-electron chi connectivity index (χ3n) is 4.19. The molecule has 0 atom stereocenters. The largest absolute Gasteiger partial charge is 0.336 e. The Labute approximate surface area is 138 Å². The summed E-state index contributed by atoms with van der Waals surface area (Å²) < 4.78 is 0. The van der Waals surface area contributed by atoms with Crippen LogP contribution in [0.5, 0.6) is 0 Å². The molecule has 118 valence electrons. The van der Waals surface area contributed by atoms with Crippen molar-refractivity contribution in [3.63, 3.8) is 0 Å². The van der Waals surface area contributed by atoms with Gasteiger partial charge in [-0.25, -0.2) is 0 Å². The van der Waals surface area contributed by atoms with Gasteiger partial charge in [0.15, 0.2) is 0 Å². The zero-order valence-electron chi connectivity index (χ0n) is 12.3. The predicted octanol–water partition coefficient (Wildman–Crippen LogP) is 1.91. The van der Waals surface area contributed by atoms with Gasteiger partial charge in [-0.3, -0.25) is 4.79 Å². The summed E-state index contributed by atoms with van der Waals surface area (Å²) in [6.07, 6.45) is 0. The fourth-order valence-corrected chi connectivity index (χ4v) is 2.88. The van der Waals surface area contributed by atoms with Crippen LogP contribution in [0.1, 0.15) is 28.4 Å². The van der Waals surface area contributed by atoms with E-state index in [-0.39, 0.29) is 30.7 Å². The Morgan fingerprint density at radius 3 is 2.43 bits per heavy atom. The van der Waals surface area contributed by atoms with E-state index in [9.17, 15) is 4.79 Å². The van der Waals surface area contributed by atoms with E-state index in [4.69, 9.17) is 0 Å². The average molecular weight is 332 g/mol. The van der Waals surface area contributed by atoms with Crippen LogP contribution < -0.4 is 5.32 Å². The lowest BCUT2D eigenvalue weighted by Gasteiger charge is -2.34.